The topological polar surface area (TPSA) is 38.3 Å². The van der Waals surface area contributed by atoms with Crippen LogP contribution in [0.25, 0.3) is 0 Å². The quantitative estimate of drug-likeness (QED) is 0.878. The summed E-state index contributed by atoms with van der Waals surface area (Å²) in [6.07, 6.45) is 4.19. The summed E-state index contributed by atoms with van der Waals surface area (Å²) in [6.45, 7) is 0.846. The van der Waals surface area contributed by atoms with Crippen molar-refractivity contribution >= 4 is 5.78 Å². The lowest BCUT2D eigenvalue weighted by molar-refractivity contribution is -0.115. The predicted octanol–water partition coefficient (Wildman–Crippen LogP) is 3.86. The Hall–Kier alpha value is -2.55. The van der Waals surface area contributed by atoms with E-state index in [-0.39, 0.29) is 11.7 Å². The molecule has 2 aromatic carbocycles. The lowest BCUT2D eigenvalue weighted by atomic mass is 9.85. The molecule has 1 aliphatic rings. The van der Waals surface area contributed by atoms with E-state index >= 15 is 0 Å². The van der Waals surface area contributed by atoms with Crippen LogP contribution in [0.5, 0.6) is 5.75 Å². The van der Waals surface area contributed by atoms with Crippen molar-refractivity contribution in [1.82, 2.24) is 5.32 Å². The Morgan fingerprint density at radius 3 is 2.50 bits per heavy atom. The summed E-state index contributed by atoms with van der Waals surface area (Å²) >= 11 is 0. The largest absolute Gasteiger partial charge is 0.497 e. The molecule has 0 aromatic heterocycles. The normalized spacial score (nSPS) is 17.3. The van der Waals surface area contributed by atoms with Crippen LogP contribution in [0.4, 0.5) is 0 Å². The van der Waals surface area contributed by atoms with Gasteiger partial charge in [0.1, 0.15) is 5.75 Å². The first-order valence-electron chi connectivity index (χ1n) is 8.40. The molecule has 24 heavy (non-hydrogen) atoms. The van der Waals surface area contributed by atoms with Crippen LogP contribution < -0.4 is 10.1 Å². The predicted molar refractivity (Wildman–Crippen MR) is 96.2 cm³/mol. The number of ether oxygens (including phenoxy) is 1. The first-order valence-corrected chi connectivity index (χ1v) is 8.40. The Labute approximate surface area is 143 Å². The molecule has 1 N–H and O–H groups in total. The second-order valence-electron chi connectivity index (χ2n) is 6.18. The van der Waals surface area contributed by atoms with Gasteiger partial charge in [0.25, 0.3) is 0 Å². The molecule has 3 heteroatoms. The molecule has 0 heterocycles. The van der Waals surface area contributed by atoms with Gasteiger partial charge in [-0.25, -0.2) is 0 Å². The van der Waals surface area contributed by atoms with E-state index in [0.29, 0.717) is 6.42 Å². The highest BCUT2D eigenvalue weighted by molar-refractivity contribution is 5.92. The SMILES string of the molecule is COc1ccc([C@H]2CC(=O)C=C(NCCc3ccccc3)C2)cc1. The highest BCUT2D eigenvalue weighted by atomic mass is 16.5. The zero-order valence-corrected chi connectivity index (χ0v) is 14.0. The van der Waals surface area contributed by atoms with Crippen molar-refractivity contribution in [1.29, 1.82) is 0 Å². The van der Waals surface area contributed by atoms with Crippen molar-refractivity contribution < 1.29 is 9.53 Å². The first-order chi connectivity index (χ1) is 11.7. The van der Waals surface area contributed by atoms with Crippen LogP contribution in [0.1, 0.15) is 29.9 Å². The van der Waals surface area contributed by atoms with Gasteiger partial charge in [-0.3, -0.25) is 4.79 Å². The number of methoxy groups -OCH3 is 1. The molecule has 0 amide bonds. The number of ketones is 1. The molecule has 0 spiro atoms. The van der Waals surface area contributed by atoms with Crippen molar-refractivity contribution in [3.8, 4) is 5.75 Å². The van der Waals surface area contributed by atoms with Gasteiger partial charge >= 0.3 is 0 Å². The molecule has 3 nitrogen and oxygen atoms in total. The second-order valence-corrected chi connectivity index (χ2v) is 6.18. The Bertz CT molecular complexity index is 704. The van der Waals surface area contributed by atoms with Crippen molar-refractivity contribution in [3.05, 3.63) is 77.5 Å². The number of carbonyl (C=O) groups is 1. The van der Waals surface area contributed by atoms with E-state index in [2.05, 4.69) is 41.7 Å². The van der Waals surface area contributed by atoms with Gasteiger partial charge in [0, 0.05) is 24.7 Å². The summed E-state index contributed by atoms with van der Waals surface area (Å²) in [5.74, 6) is 1.29. The van der Waals surface area contributed by atoms with E-state index in [4.69, 9.17) is 4.74 Å². The minimum Gasteiger partial charge on any atom is -0.497 e. The Balaban J connectivity index is 1.59. The number of hydrogen-bond acceptors (Lipinski definition) is 3. The van der Waals surface area contributed by atoms with E-state index in [1.54, 1.807) is 13.2 Å². The molecule has 0 bridgehead atoms. The third-order valence-electron chi connectivity index (χ3n) is 4.44. The van der Waals surface area contributed by atoms with Crippen molar-refractivity contribution in [3.63, 3.8) is 0 Å². The number of nitrogens with one attached hydrogen (secondary N) is 1. The van der Waals surface area contributed by atoms with E-state index in [1.807, 2.05) is 18.2 Å². The molecule has 0 saturated carbocycles. The summed E-state index contributed by atoms with van der Waals surface area (Å²) in [7, 11) is 1.66. The van der Waals surface area contributed by atoms with Gasteiger partial charge in [-0.05, 0) is 42.0 Å². The van der Waals surface area contributed by atoms with Crippen LogP contribution >= 0.6 is 0 Å². The number of hydrogen-bond donors (Lipinski definition) is 1. The number of benzene rings is 2. The molecule has 0 radical (unpaired) electrons. The fourth-order valence-corrected chi connectivity index (χ4v) is 3.14. The molecule has 1 aliphatic carbocycles. The van der Waals surface area contributed by atoms with Crippen molar-refractivity contribution in [2.75, 3.05) is 13.7 Å². The summed E-state index contributed by atoms with van der Waals surface area (Å²) in [4.78, 5) is 12.1. The lowest BCUT2D eigenvalue weighted by Crippen LogP contribution is -2.23. The molecule has 124 valence electrons. The number of allylic oxidation sites excluding steroid dienone is 2. The van der Waals surface area contributed by atoms with Gasteiger partial charge in [0.05, 0.1) is 7.11 Å². The Morgan fingerprint density at radius 2 is 1.79 bits per heavy atom. The monoisotopic (exact) mass is 321 g/mol. The van der Waals surface area contributed by atoms with Crippen LogP contribution in [-0.4, -0.2) is 19.4 Å². The van der Waals surface area contributed by atoms with Gasteiger partial charge in [-0.15, -0.1) is 0 Å². The second kappa shape index (κ2) is 7.82. The maximum Gasteiger partial charge on any atom is 0.158 e. The standard InChI is InChI=1S/C21H23NO2/c1-24-21-9-7-17(8-10-21)18-13-19(15-20(23)14-18)22-12-11-16-5-3-2-4-6-16/h2-10,15,18,22H,11-14H2,1H3/t18-/m1/s1. The summed E-state index contributed by atoms with van der Waals surface area (Å²) in [6, 6.07) is 18.4. The molecule has 1 atom stereocenters. The third-order valence-corrected chi connectivity index (χ3v) is 4.44. The van der Waals surface area contributed by atoms with Gasteiger partial charge in [0.15, 0.2) is 5.78 Å². The van der Waals surface area contributed by atoms with Crippen LogP contribution in [-0.2, 0) is 11.2 Å². The maximum absolute atomic E-state index is 12.1. The van der Waals surface area contributed by atoms with Gasteiger partial charge in [-0.1, -0.05) is 42.5 Å². The zero-order chi connectivity index (χ0) is 16.8. The van der Waals surface area contributed by atoms with E-state index in [9.17, 15) is 4.79 Å². The molecular formula is C21H23NO2. The van der Waals surface area contributed by atoms with Crippen LogP contribution in [0.3, 0.4) is 0 Å². The highest BCUT2D eigenvalue weighted by Crippen LogP contribution is 2.31. The summed E-state index contributed by atoms with van der Waals surface area (Å²) in [5.41, 5.74) is 3.54. The minimum absolute atomic E-state index is 0.198. The molecular weight excluding hydrogens is 298 g/mol. The molecule has 3 rings (SSSR count). The van der Waals surface area contributed by atoms with Crippen LogP contribution in [0.2, 0.25) is 0 Å². The average molecular weight is 321 g/mol. The van der Waals surface area contributed by atoms with Crippen LogP contribution in [0.15, 0.2) is 66.4 Å². The number of carbonyl (C=O) groups excluding carboxylic acids is 1. The van der Waals surface area contributed by atoms with E-state index < -0.39 is 0 Å². The van der Waals surface area contributed by atoms with E-state index in [1.165, 1.54) is 11.1 Å². The van der Waals surface area contributed by atoms with Crippen molar-refractivity contribution in [2.24, 2.45) is 0 Å². The fourth-order valence-electron chi connectivity index (χ4n) is 3.14. The molecule has 0 fully saturated rings. The first kappa shape index (κ1) is 16.3. The van der Waals surface area contributed by atoms with Crippen molar-refractivity contribution in [2.45, 2.75) is 25.2 Å². The molecule has 2 aromatic rings. The maximum atomic E-state index is 12.1. The number of rotatable bonds is 6. The lowest BCUT2D eigenvalue weighted by Gasteiger charge is -2.23. The molecule has 0 unspecified atom stereocenters. The van der Waals surface area contributed by atoms with E-state index in [0.717, 1.165) is 30.8 Å². The average Bonchev–Trinajstić information content (AvgIpc) is 2.62. The third kappa shape index (κ3) is 4.25. The zero-order valence-electron chi connectivity index (χ0n) is 14.0. The highest BCUT2D eigenvalue weighted by Gasteiger charge is 2.22. The van der Waals surface area contributed by atoms with Gasteiger partial charge < -0.3 is 10.1 Å². The van der Waals surface area contributed by atoms with Gasteiger partial charge in [0.2, 0.25) is 0 Å². The summed E-state index contributed by atoms with van der Waals surface area (Å²) in [5, 5.41) is 3.44. The smallest absolute Gasteiger partial charge is 0.158 e. The van der Waals surface area contributed by atoms with Crippen LogP contribution in [0, 0.1) is 0 Å². The van der Waals surface area contributed by atoms with Gasteiger partial charge in [-0.2, -0.15) is 0 Å². The Morgan fingerprint density at radius 1 is 1.04 bits per heavy atom. The molecule has 0 aliphatic heterocycles. The Kier molecular flexibility index (Phi) is 5.32. The minimum atomic E-state index is 0.198. The summed E-state index contributed by atoms with van der Waals surface area (Å²) < 4.78 is 5.20. The molecule has 0 saturated heterocycles. The fraction of sp³-hybridized carbons (Fsp3) is 0.286.